The number of carbonyl (C=O) groups is 3. The van der Waals surface area contributed by atoms with Crippen molar-refractivity contribution >= 4 is 29.3 Å². The van der Waals surface area contributed by atoms with Gasteiger partial charge >= 0.3 is 17.9 Å². The highest BCUT2D eigenvalue weighted by atomic mass is 16.5. The molecule has 2 aromatic rings. The molecule has 8 nitrogen and oxygen atoms in total. The molecule has 1 unspecified atom stereocenters. The van der Waals surface area contributed by atoms with Crippen molar-refractivity contribution in [1.29, 1.82) is 0 Å². The van der Waals surface area contributed by atoms with Gasteiger partial charge < -0.3 is 25.7 Å². The summed E-state index contributed by atoms with van der Waals surface area (Å²) in [6, 6.07) is 14.9. The van der Waals surface area contributed by atoms with E-state index in [1.807, 2.05) is 48.5 Å². The van der Waals surface area contributed by atoms with Crippen LogP contribution in [0, 0.1) is 46.3 Å². The monoisotopic (exact) mass is 672 g/mol. The molecule has 4 N–H and O–H groups in total. The maximum atomic E-state index is 13.7. The van der Waals surface area contributed by atoms with Gasteiger partial charge in [-0.25, -0.2) is 0 Å². The first-order chi connectivity index (χ1) is 23.4. The molecule has 0 radical (unpaired) electrons. The van der Waals surface area contributed by atoms with Crippen LogP contribution in [0.2, 0.25) is 0 Å². The summed E-state index contributed by atoms with van der Waals surface area (Å²) < 4.78 is 17.7. The standard InChI is InChI=1S/C41H56N2O6/c1-25(5-18-37(44)47-4)33-16-17-34-32-15-10-28-23-31(48-38(45)21-26-6-11-29(42)12-7-26)19-20-40(28,2)35(32)24-36(41(33,34)3)49-39(46)22-27-8-13-30(43)14-9-27/h6-9,11-14,25,28,31-36H,5,10,15-24,42-43H2,1-4H3/t25-,28?,31-,32+,33-,34+,35+,36+,40+,41-/m1/s1. The molecule has 4 aliphatic carbocycles. The van der Waals surface area contributed by atoms with Crippen LogP contribution in [0.1, 0.15) is 96.1 Å². The summed E-state index contributed by atoms with van der Waals surface area (Å²) in [5.41, 5.74) is 14.8. The smallest absolute Gasteiger partial charge is 0.310 e. The molecule has 10 atom stereocenters. The van der Waals surface area contributed by atoms with Crippen LogP contribution in [0.5, 0.6) is 0 Å². The Bertz CT molecular complexity index is 1490. The van der Waals surface area contributed by atoms with E-state index in [0.29, 0.717) is 53.3 Å². The van der Waals surface area contributed by atoms with Gasteiger partial charge in [0, 0.05) is 23.2 Å². The van der Waals surface area contributed by atoms with Crippen molar-refractivity contribution in [3.8, 4) is 0 Å². The molecule has 2 aromatic carbocycles. The first-order valence-electron chi connectivity index (χ1n) is 18.5. The van der Waals surface area contributed by atoms with Crippen molar-refractivity contribution in [1.82, 2.24) is 0 Å². The Balaban J connectivity index is 1.19. The van der Waals surface area contributed by atoms with Gasteiger partial charge in [-0.3, -0.25) is 14.4 Å². The summed E-state index contributed by atoms with van der Waals surface area (Å²) in [5, 5.41) is 0. The lowest BCUT2D eigenvalue weighted by Crippen LogP contribution is -2.59. The van der Waals surface area contributed by atoms with Crippen LogP contribution in [0.4, 0.5) is 11.4 Å². The molecule has 0 heterocycles. The molecule has 6 rings (SSSR count). The zero-order valence-electron chi connectivity index (χ0n) is 29.8. The zero-order chi connectivity index (χ0) is 34.9. The number of nitrogens with two attached hydrogens (primary N) is 2. The van der Waals surface area contributed by atoms with Crippen molar-refractivity contribution in [2.75, 3.05) is 18.6 Å². The fourth-order valence-corrected chi connectivity index (χ4v) is 11.1. The van der Waals surface area contributed by atoms with Gasteiger partial charge in [-0.05, 0) is 134 Å². The lowest BCUT2D eigenvalue weighted by atomic mass is 9.43. The van der Waals surface area contributed by atoms with E-state index in [0.717, 1.165) is 68.9 Å². The molecule has 0 bridgehead atoms. The third-order valence-electron chi connectivity index (χ3n) is 13.7. The van der Waals surface area contributed by atoms with E-state index >= 15 is 0 Å². The van der Waals surface area contributed by atoms with Gasteiger partial charge in [-0.15, -0.1) is 0 Å². The summed E-state index contributed by atoms with van der Waals surface area (Å²) in [6.07, 6.45) is 9.54. The largest absolute Gasteiger partial charge is 0.469 e. The minimum atomic E-state index is -0.195. The van der Waals surface area contributed by atoms with Crippen LogP contribution < -0.4 is 11.5 Å². The molecular weight excluding hydrogens is 616 g/mol. The van der Waals surface area contributed by atoms with Gasteiger partial charge in [0.15, 0.2) is 0 Å². The van der Waals surface area contributed by atoms with Crippen molar-refractivity contribution in [3.63, 3.8) is 0 Å². The number of carbonyl (C=O) groups excluding carboxylic acids is 3. The highest BCUT2D eigenvalue weighted by Crippen LogP contribution is 2.69. The van der Waals surface area contributed by atoms with E-state index in [1.54, 1.807) is 0 Å². The Morgan fingerprint density at radius 1 is 0.776 bits per heavy atom. The number of methoxy groups -OCH3 is 1. The van der Waals surface area contributed by atoms with Crippen LogP contribution >= 0.6 is 0 Å². The molecule has 0 saturated heterocycles. The predicted octanol–water partition coefficient (Wildman–Crippen LogP) is 7.32. The highest BCUT2D eigenvalue weighted by molar-refractivity contribution is 5.73. The van der Waals surface area contributed by atoms with Gasteiger partial charge in [0.25, 0.3) is 0 Å². The molecule has 4 fully saturated rings. The van der Waals surface area contributed by atoms with Crippen molar-refractivity contribution in [2.24, 2.45) is 46.3 Å². The first kappa shape index (κ1) is 35.3. The molecular formula is C41H56N2O6. The summed E-state index contributed by atoms with van der Waals surface area (Å²) in [4.78, 5) is 38.7. The van der Waals surface area contributed by atoms with Crippen LogP contribution in [-0.2, 0) is 41.4 Å². The number of ether oxygens (including phenoxy) is 3. The number of benzene rings is 2. The zero-order valence-corrected chi connectivity index (χ0v) is 29.8. The van der Waals surface area contributed by atoms with E-state index < -0.39 is 0 Å². The molecule has 0 spiro atoms. The average Bonchev–Trinajstić information content (AvgIpc) is 3.44. The fourth-order valence-electron chi connectivity index (χ4n) is 11.1. The molecule has 4 saturated carbocycles. The number of hydrogen-bond acceptors (Lipinski definition) is 8. The van der Waals surface area contributed by atoms with Gasteiger partial charge in [-0.1, -0.05) is 45.0 Å². The number of hydrogen-bond donors (Lipinski definition) is 2. The van der Waals surface area contributed by atoms with E-state index in [1.165, 1.54) is 7.11 Å². The topological polar surface area (TPSA) is 131 Å². The predicted molar refractivity (Wildman–Crippen MR) is 190 cm³/mol. The second-order valence-electron chi connectivity index (χ2n) is 16.2. The van der Waals surface area contributed by atoms with Gasteiger partial charge in [0.05, 0.1) is 20.0 Å². The lowest BCUT2D eigenvalue weighted by molar-refractivity contribution is -0.199. The fraction of sp³-hybridized carbons (Fsp3) is 0.634. The third-order valence-corrected chi connectivity index (χ3v) is 13.7. The SMILES string of the molecule is COC(=O)CC[C@@H](C)[C@H]1CC[C@H]2[C@@H]3CCC4C[C@H](OC(=O)Cc5ccc(N)cc5)CC[C@]4(C)[C@H]3C[C@H](OC(=O)Cc3ccc(N)cc3)[C@]12C. The average molecular weight is 673 g/mol. The van der Waals surface area contributed by atoms with Crippen LogP contribution in [0.25, 0.3) is 0 Å². The second kappa shape index (κ2) is 14.4. The van der Waals surface area contributed by atoms with Gasteiger partial charge in [0.2, 0.25) is 0 Å². The highest BCUT2D eigenvalue weighted by Gasteiger charge is 2.65. The molecule has 0 aliphatic heterocycles. The molecule has 49 heavy (non-hydrogen) atoms. The summed E-state index contributed by atoms with van der Waals surface area (Å²) in [5.74, 6) is 2.08. The quantitative estimate of drug-likeness (QED) is 0.153. The van der Waals surface area contributed by atoms with E-state index in [2.05, 4.69) is 20.8 Å². The number of esters is 3. The summed E-state index contributed by atoms with van der Waals surface area (Å²) >= 11 is 0. The normalized spacial score (nSPS) is 34.1. The molecule has 8 heteroatoms. The van der Waals surface area contributed by atoms with E-state index in [-0.39, 0.29) is 53.8 Å². The maximum Gasteiger partial charge on any atom is 0.310 e. The lowest BCUT2D eigenvalue weighted by Gasteiger charge is -2.62. The second-order valence-corrected chi connectivity index (χ2v) is 16.2. The third kappa shape index (κ3) is 7.20. The minimum Gasteiger partial charge on any atom is -0.469 e. The molecule has 266 valence electrons. The summed E-state index contributed by atoms with van der Waals surface area (Å²) in [6.45, 7) is 7.14. The van der Waals surface area contributed by atoms with Crippen LogP contribution in [0.3, 0.4) is 0 Å². The maximum absolute atomic E-state index is 13.7. The van der Waals surface area contributed by atoms with Gasteiger partial charge in [-0.2, -0.15) is 0 Å². The molecule has 0 aromatic heterocycles. The van der Waals surface area contributed by atoms with Crippen LogP contribution in [-0.4, -0.2) is 37.2 Å². The Labute approximate surface area is 292 Å². The molecule has 0 amide bonds. The Morgan fingerprint density at radius 2 is 1.39 bits per heavy atom. The number of nitrogen functional groups attached to an aromatic ring is 2. The number of fused-ring (bicyclic) bond motifs is 5. The van der Waals surface area contributed by atoms with Crippen LogP contribution in [0.15, 0.2) is 48.5 Å². The first-order valence-corrected chi connectivity index (χ1v) is 18.5. The summed E-state index contributed by atoms with van der Waals surface area (Å²) in [7, 11) is 1.45. The van der Waals surface area contributed by atoms with E-state index in [9.17, 15) is 14.4 Å². The Morgan fingerprint density at radius 3 is 2.00 bits per heavy atom. The van der Waals surface area contributed by atoms with Crippen molar-refractivity contribution in [2.45, 2.75) is 110 Å². The minimum absolute atomic E-state index is 0.0650. The Kier molecular flexibility index (Phi) is 10.3. The molecule has 4 aliphatic rings. The Hall–Kier alpha value is -3.55. The number of anilines is 2. The van der Waals surface area contributed by atoms with Crippen molar-refractivity contribution in [3.05, 3.63) is 59.7 Å². The van der Waals surface area contributed by atoms with E-state index in [4.69, 9.17) is 25.7 Å². The number of rotatable bonds is 10. The van der Waals surface area contributed by atoms with Crippen molar-refractivity contribution < 1.29 is 28.6 Å². The van der Waals surface area contributed by atoms with Gasteiger partial charge in [0.1, 0.15) is 12.2 Å².